The standard InChI is InChI=1S/C14H21N5O2S/c1-3-10-22(20,21)16-7-6-15-13-11-14(18-12(2)17-13)19-8-4-5-9-19/h4-5,8-9,11,16H,3,6-7,10H2,1-2H3,(H,15,17,18). The van der Waals surface area contributed by atoms with Gasteiger partial charge in [-0.05, 0) is 25.5 Å². The number of nitrogens with one attached hydrogen (secondary N) is 2. The Bertz CT molecular complexity index is 698. The van der Waals surface area contributed by atoms with Crippen LogP contribution in [0, 0.1) is 6.92 Å². The van der Waals surface area contributed by atoms with Gasteiger partial charge in [0.15, 0.2) is 0 Å². The van der Waals surface area contributed by atoms with Gasteiger partial charge < -0.3 is 9.88 Å². The highest BCUT2D eigenvalue weighted by atomic mass is 32.2. The number of rotatable bonds is 8. The number of hydrogen-bond acceptors (Lipinski definition) is 5. The summed E-state index contributed by atoms with van der Waals surface area (Å²) in [4.78, 5) is 8.67. The molecule has 22 heavy (non-hydrogen) atoms. The Labute approximate surface area is 130 Å². The van der Waals surface area contributed by atoms with Gasteiger partial charge in [0.1, 0.15) is 17.5 Å². The third-order valence-electron chi connectivity index (χ3n) is 2.92. The molecule has 2 aromatic rings. The van der Waals surface area contributed by atoms with Crippen LogP contribution in [0.5, 0.6) is 0 Å². The second kappa shape index (κ2) is 7.37. The average molecular weight is 323 g/mol. The Morgan fingerprint density at radius 3 is 2.59 bits per heavy atom. The highest BCUT2D eigenvalue weighted by molar-refractivity contribution is 7.89. The van der Waals surface area contributed by atoms with E-state index in [0.717, 1.165) is 5.82 Å². The lowest BCUT2D eigenvalue weighted by Crippen LogP contribution is -2.30. The lowest BCUT2D eigenvalue weighted by molar-refractivity contribution is 0.581. The van der Waals surface area contributed by atoms with E-state index in [1.165, 1.54) is 0 Å². The normalized spacial score (nSPS) is 11.5. The maximum atomic E-state index is 11.5. The van der Waals surface area contributed by atoms with E-state index < -0.39 is 10.0 Å². The summed E-state index contributed by atoms with van der Waals surface area (Å²) in [5.74, 6) is 2.25. The highest BCUT2D eigenvalue weighted by Gasteiger charge is 2.07. The molecule has 0 aliphatic heterocycles. The largest absolute Gasteiger partial charge is 0.369 e. The molecule has 8 heteroatoms. The summed E-state index contributed by atoms with van der Waals surface area (Å²) in [6.45, 7) is 4.45. The smallest absolute Gasteiger partial charge is 0.211 e. The fourth-order valence-corrected chi connectivity index (χ4v) is 3.09. The van der Waals surface area contributed by atoms with Crippen molar-refractivity contribution in [2.24, 2.45) is 0 Å². The highest BCUT2D eigenvalue weighted by Crippen LogP contribution is 2.10. The first-order chi connectivity index (χ1) is 10.5. The van der Waals surface area contributed by atoms with Crippen LogP contribution in [0.15, 0.2) is 30.6 Å². The van der Waals surface area contributed by atoms with Crippen molar-refractivity contribution in [2.45, 2.75) is 20.3 Å². The number of nitrogens with zero attached hydrogens (tertiary/aromatic N) is 3. The number of anilines is 1. The van der Waals surface area contributed by atoms with Gasteiger partial charge in [-0.25, -0.2) is 23.1 Å². The van der Waals surface area contributed by atoms with E-state index in [2.05, 4.69) is 20.0 Å². The summed E-state index contributed by atoms with van der Waals surface area (Å²) in [6.07, 6.45) is 4.42. The molecule has 2 N–H and O–H groups in total. The first-order valence-corrected chi connectivity index (χ1v) is 8.85. The average Bonchev–Trinajstić information content (AvgIpc) is 2.97. The topological polar surface area (TPSA) is 88.9 Å². The molecule has 120 valence electrons. The zero-order chi connectivity index (χ0) is 16.0. The Morgan fingerprint density at radius 1 is 1.18 bits per heavy atom. The van der Waals surface area contributed by atoms with Gasteiger partial charge in [-0.15, -0.1) is 0 Å². The fraction of sp³-hybridized carbons (Fsp3) is 0.429. The molecular weight excluding hydrogens is 302 g/mol. The molecule has 2 aromatic heterocycles. The van der Waals surface area contributed by atoms with Gasteiger partial charge in [0.05, 0.1) is 5.75 Å². The predicted octanol–water partition coefficient (Wildman–Crippen LogP) is 1.32. The van der Waals surface area contributed by atoms with Crippen molar-refractivity contribution in [3.63, 3.8) is 0 Å². The summed E-state index contributed by atoms with van der Waals surface area (Å²) in [7, 11) is -3.16. The molecule has 0 bridgehead atoms. The third kappa shape index (κ3) is 4.81. The molecule has 0 radical (unpaired) electrons. The molecule has 0 aliphatic carbocycles. The van der Waals surface area contributed by atoms with Gasteiger partial charge in [0.2, 0.25) is 10.0 Å². The summed E-state index contributed by atoms with van der Waals surface area (Å²) < 4.78 is 27.5. The molecule has 0 amide bonds. The summed E-state index contributed by atoms with van der Waals surface area (Å²) in [5, 5.41) is 3.11. The van der Waals surface area contributed by atoms with Crippen molar-refractivity contribution in [1.29, 1.82) is 0 Å². The molecule has 2 heterocycles. The maximum Gasteiger partial charge on any atom is 0.211 e. The number of sulfonamides is 1. The van der Waals surface area contributed by atoms with Crippen LogP contribution < -0.4 is 10.0 Å². The van der Waals surface area contributed by atoms with E-state index in [9.17, 15) is 8.42 Å². The molecular formula is C14H21N5O2S. The van der Waals surface area contributed by atoms with Crippen LogP contribution in [0.4, 0.5) is 5.82 Å². The molecule has 2 rings (SSSR count). The van der Waals surface area contributed by atoms with Crippen LogP contribution >= 0.6 is 0 Å². The third-order valence-corrected chi connectivity index (χ3v) is 4.51. The van der Waals surface area contributed by atoms with Gasteiger partial charge in [-0.2, -0.15) is 0 Å². The van der Waals surface area contributed by atoms with E-state index in [4.69, 9.17) is 0 Å². The molecule has 0 aromatic carbocycles. The van der Waals surface area contributed by atoms with Gasteiger partial charge in [-0.3, -0.25) is 0 Å². The van der Waals surface area contributed by atoms with E-state index >= 15 is 0 Å². The molecule has 0 fully saturated rings. The van der Waals surface area contributed by atoms with Crippen LogP contribution in [0.2, 0.25) is 0 Å². The number of hydrogen-bond donors (Lipinski definition) is 2. The minimum absolute atomic E-state index is 0.150. The van der Waals surface area contributed by atoms with Gasteiger partial charge in [-0.1, -0.05) is 6.92 Å². The van der Waals surface area contributed by atoms with Gasteiger partial charge in [0.25, 0.3) is 0 Å². The number of aromatic nitrogens is 3. The quantitative estimate of drug-likeness (QED) is 0.715. The SMILES string of the molecule is CCCS(=O)(=O)NCCNc1cc(-n2cccc2)nc(C)n1. The van der Waals surface area contributed by atoms with Gasteiger partial charge in [0, 0.05) is 31.5 Å². The van der Waals surface area contributed by atoms with E-state index in [1.54, 1.807) is 0 Å². The lowest BCUT2D eigenvalue weighted by Gasteiger charge is -2.10. The first kappa shape index (κ1) is 16.4. The van der Waals surface area contributed by atoms with Crippen molar-refractivity contribution in [3.05, 3.63) is 36.4 Å². The predicted molar refractivity (Wildman–Crippen MR) is 86.7 cm³/mol. The Kier molecular flexibility index (Phi) is 5.51. The van der Waals surface area contributed by atoms with Crippen molar-refractivity contribution in [3.8, 4) is 5.82 Å². The van der Waals surface area contributed by atoms with Crippen molar-refractivity contribution < 1.29 is 8.42 Å². The molecule has 0 saturated carbocycles. The van der Waals surface area contributed by atoms with E-state index in [0.29, 0.717) is 31.2 Å². The monoisotopic (exact) mass is 323 g/mol. The molecule has 0 atom stereocenters. The second-order valence-corrected chi connectivity index (χ2v) is 6.82. The van der Waals surface area contributed by atoms with Crippen molar-refractivity contribution in [2.75, 3.05) is 24.2 Å². The zero-order valence-corrected chi connectivity index (χ0v) is 13.6. The van der Waals surface area contributed by atoms with E-state index in [-0.39, 0.29) is 5.75 Å². The second-order valence-electron chi connectivity index (χ2n) is 4.89. The first-order valence-electron chi connectivity index (χ1n) is 7.20. The Morgan fingerprint density at radius 2 is 1.91 bits per heavy atom. The van der Waals surface area contributed by atoms with Crippen LogP contribution in [0.25, 0.3) is 5.82 Å². The lowest BCUT2D eigenvalue weighted by atomic mass is 10.4. The minimum Gasteiger partial charge on any atom is -0.369 e. The van der Waals surface area contributed by atoms with Crippen molar-refractivity contribution >= 4 is 15.8 Å². The molecule has 0 saturated heterocycles. The van der Waals surface area contributed by atoms with E-state index in [1.807, 2.05) is 49.0 Å². The fourth-order valence-electron chi connectivity index (χ4n) is 2.00. The summed E-state index contributed by atoms with van der Waals surface area (Å²) in [6, 6.07) is 5.67. The number of aryl methyl sites for hydroxylation is 1. The van der Waals surface area contributed by atoms with Crippen LogP contribution in [-0.2, 0) is 10.0 Å². The van der Waals surface area contributed by atoms with Crippen LogP contribution in [-0.4, -0.2) is 41.8 Å². The Hall–Kier alpha value is -1.93. The molecule has 0 aliphatic rings. The molecule has 0 unspecified atom stereocenters. The van der Waals surface area contributed by atoms with Gasteiger partial charge >= 0.3 is 0 Å². The minimum atomic E-state index is -3.16. The Balaban J connectivity index is 1.93. The van der Waals surface area contributed by atoms with Crippen LogP contribution in [0.1, 0.15) is 19.2 Å². The summed E-state index contributed by atoms with van der Waals surface area (Å²) >= 11 is 0. The zero-order valence-electron chi connectivity index (χ0n) is 12.8. The van der Waals surface area contributed by atoms with Crippen molar-refractivity contribution in [1.82, 2.24) is 19.3 Å². The molecule has 7 nitrogen and oxygen atoms in total. The summed E-state index contributed by atoms with van der Waals surface area (Å²) in [5.41, 5.74) is 0. The molecule has 0 spiro atoms. The maximum absolute atomic E-state index is 11.5. The van der Waals surface area contributed by atoms with Crippen LogP contribution in [0.3, 0.4) is 0 Å².